The second-order valence-electron chi connectivity index (χ2n) is 6.00. The van der Waals surface area contributed by atoms with Gasteiger partial charge in [-0.2, -0.15) is 0 Å². The standard InChI is InChI=1S/C19H33N/c1-5-8-12-17(7-3)19(20-14-6-2)15-18-13-10-9-11-16(18)4/h9-11,13,17,19-20H,5-8,12,14-15H2,1-4H3. The molecule has 0 aromatic heterocycles. The van der Waals surface area contributed by atoms with Crippen molar-refractivity contribution in [2.45, 2.75) is 72.3 Å². The van der Waals surface area contributed by atoms with E-state index in [4.69, 9.17) is 0 Å². The van der Waals surface area contributed by atoms with Crippen LogP contribution in [-0.4, -0.2) is 12.6 Å². The van der Waals surface area contributed by atoms with E-state index in [-0.39, 0.29) is 0 Å². The van der Waals surface area contributed by atoms with Crippen LogP contribution in [0.25, 0.3) is 0 Å². The lowest BCUT2D eigenvalue weighted by molar-refractivity contribution is 0.315. The predicted molar refractivity (Wildman–Crippen MR) is 90.3 cm³/mol. The summed E-state index contributed by atoms with van der Waals surface area (Å²) in [6.45, 7) is 10.3. The lowest BCUT2D eigenvalue weighted by Crippen LogP contribution is -2.38. The Kier molecular flexibility index (Phi) is 8.60. The summed E-state index contributed by atoms with van der Waals surface area (Å²) in [5.41, 5.74) is 2.94. The molecule has 1 aromatic carbocycles. The highest BCUT2D eigenvalue weighted by molar-refractivity contribution is 5.26. The van der Waals surface area contributed by atoms with E-state index in [1.165, 1.54) is 49.7 Å². The number of nitrogens with one attached hydrogen (secondary N) is 1. The molecule has 0 fully saturated rings. The highest BCUT2D eigenvalue weighted by Gasteiger charge is 2.19. The van der Waals surface area contributed by atoms with E-state index >= 15 is 0 Å². The summed E-state index contributed by atoms with van der Waals surface area (Å²) in [5, 5.41) is 3.81. The summed E-state index contributed by atoms with van der Waals surface area (Å²) in [4.78, 5) is 0. The molecule has 0 aliphatic rings. The molecule has 0 aliphatic heterocycles. The molecule has 1 N–H and O–H groups in total. The van der Waals surface area contributed by atoms with Crippen LogP contribution in [0, 0.1) is 12.8 Å². The topological polar surface area (TPSA) is 12.0 Å². The average molecular weight is 275 g/mol. The van der Waals surface area contributed by atoms with Gasteiger partial charge in [0.25, 0.3) is 0 Å². The molecule has 1 aromatic rings. The van der Waals surface area contributed by atoms with Crippen molar-refractivity contribution >= 4 is 0 Å². The molecule has 1 rings (SSSR count). The quantitative estimate of drug-likeness (QED) is 0.625. The maximum Gasteiger partial charge on any atom is 0.0136 e. The van der Waals surface area contributed by atoms with Crippen molar-refractivity contribution in [1.82, 2.24) is 5.32 Å². The van der Waals surface area contributed by atoms with Gasteiger partial charge in [0.15, 0.2) is 0 Å². The Bertz CT molecular complexity index is 359. The van der Waals surface area contributed by atoms with E-state index < -0.39 is 0 Å². The van der Waals surface area contributed by atoms with Gasteiger partial charge in [0, 0.05) is 6.04 Å². The first-order valence-corrected chi connectivity index (χ1v) is 8.50. The van der Waals surface area contributed by atoms with E-state index in [2.05, 4.69) is 57.3 Å². The molecule has 0 radical (unpaired) electrons. The van der Waals surface area contributed by atoms with Crippen LogP contribution in [0.15, 0.2) is 24.3 Å². The van der Waals surface area contributed by atoms with Crippen molar-refractivity contribution < 1.29 is 0 Å². The minimum atomic E-state index is 0.632. The van der Waals surface area contributed by atoms with Crippen LogP contribution in [0.3, 0.4) is 0 Å². The molecule has 0 heterocycles. The second-order valence-corrected chi connectivity index (χ2v) is 6.00. The van der Waals surface area contributed by atoms with Gasteiger partial charge in [0.05, 0.1) is 0 Å². The highest BCUT2D eigenvalue weighted by atomic mass is 14.9. The second kappa shape index (κ2) is 9.99. The van der Waals surface area contributed by atoms with Crippen LogP contribution in [0.1, 0.15) is 64.0 Å². The molecule has 1 heteroatoms. The van der Waals surface area contributed by atoms with Gasteiger partial charge in [-0.3, -0.25) is 0 Å². The van der Waals surface area contributed by atoms with Crippen molar-refractivity contribution in [1.29, 1.82) is 0 Å². The molecule has 1 nitrogen and oxygen atoms in total. The van der Waals surface area contributed by atoms with Crippen LogP contribution in [-0.2, 0) is 6.42 Å². The molecule has 0 saturated carbocycles. The minimum absolute atomic E-state index is 0.632. The zero-order valence-electron chi connectivity index (χ0n) is 13.9. The number of aryl methyl sites for hydroxylation is 1. The molecule has 114 valence electrons. The van der Waals surface area contributed by atoms with E-state index in [9.17, 15) is 0 Å². The van der Waals surface area contributed by atoms with Gasteiger partial charge in [-0.05, 0) is 49.8 Å². The van der Waals surface area contributed by atoms with Crippen molar-refractivity contribution in [3.05, 3.63) is 35.4 Å². The lowest BCUT2D eigenvalue weighted by Gasteiger charge is -2.28. The van der Waals surface area contributed by atoms with Crippen LogP contribution < -0.4 is 5.32 Å². The molecule has 0 aliphatic carbocycles. The van der Waals surface area contributed by atoms with Gasteiger partial charge in [0.1, 0.15) is 0 Å². The molecule has 0 amide bonds. The summed E-state index contributed by atoms with van der Waals surface area (Å²) in [6.07, 6.45) is 7.70. The van der Waals surface area contributed by atoms with E-state index in [1.807, 2.05) is 0 Å². The van der Waals surface area contributed by atoms with E-state index in [0.29, 0.717) is 6.04 Å². The summed E-state index contributed by atoms with van der Waals surface area (Å²) in [6, 6.07) is 9.47. The Balaban J connectivity index is 2.74. The zero-order valence-corrected chi connectivity index (χ0v) is 13.9. The molecule has 2 unspecified atom stereocenters. The Labute approximate surface area is 126 Å². The SMILES string of the molecule is CCCCC(CC)C(Cc1ccccc1C)NCCC. The Morgan fingerprint density at radius 2 is 1.80 bits per heavy atom. The fourth-order valence-corrected chi connectivity index (χ4v) is 2.97. The van der Waals surface area contributed by atoms with E-state index in [1.54, 1.807) is 0 Å². The average Bonchev–Trinajstić information content (AvgIpc) is 2.47. The maximum atomic E-state index is 3.81. The maximum absolute atomic E-state index is 3.81. The highest BCUT2D eigenvalue weighted by Crippen LogP contribution is 2.21. The smallest absolute Gasteiger partial charge is 0.0136 e. The van der Waals surface area contributed by atoms with Crippen LogP contribution in [0.2, 0.25) is 0 Å². The molecular weight excluding hydrogens is 242 g/mol. The number of hydrogen-bond donors (Lipinski definition) is 1. The van der Waals surface area contributed by atoms with Crippen molar-refractivity contribution in [2.24, 2.45) is 5.92 Å². The first-order valence-electron chi connectivity index (χ1n) is 8.50. The number of hydrogen-bond acceptors (Lipinski definition) is 1. The summed E-state index contributed by atoms with van der Waals surface area (Å²) >= 11 is 0. The first kappa shape index (κ1) is 17.2. The predicted octanol–water partition coefficient (Wildman–Crippen LogP) is 5.12. The third-order valence-corrected chi connectivity index (χ3v) is 4.38. The Hall–Kier alpha value is -0.820. The zero-order chi connectivity index (χ0) is 14.8. The monoisotopic (exact) mass is 275 g/mol. The molecular formula is C19H33N. The third-order valence-electron chi connectivity index (χ3n) is 4.38. The number of rotatable bonds is 10. The van der Waals surface area contributed by atoms with Gasteiger partial charge >= 0.3 is 0 Å². The van der Waals surface area contributed by atoms with Crippen LogP contribution in [0.4, 0.5) is 0 Å². The van der Waals surface area contributed by atoms with Crippen molar-refractivity contribution in [3.8, 4) is 0 Å². The third kappa shape index (κ3) is 5.66. The lowest BCUT2D eigenvalue weighted by atomic mass is 9.86. The molecule has 20 heavy (non-hydrogen) atoms. The Morgan fingerprint density at radius 3 is 2.40 bits per heavy atom. The fraction of sp³-hybridized carbons (Fsp3) is 0.684. The molecule has 0 spiro atoms. The molecule has 2 atom stereocenters. The summed E-state index contributed by atoms with van der Waals surface area (Å²) in [5.74, 6) is 0.807. The first-order chi connectivity index (χ1) is 9.72. The number of unbranched alkanes of at least 4 members (excludes halogenated alkanes) is 1. The largest absolute Gasteiger partial charge is 0.313 e. The van der Waals surface area contributed by atoms with Gasteiger partial charge < -0.3 is 5.32 Å². The van der Waals surface area contributed by atoms with Gasteiger partial charge in [-0.25, -0.2) is 0 Å². The van der Waals surface area contributed by atoms with Crippen molar-refractivity contribution in [2.75, 3.05) is 6.54 Å². The van der Waals surface area contributed by atoms with Gasteiger partial charge in [0.2, 0.25) is 0 Å². The summed E-state index contributed by atoms with van der Waals surface area (Å²) in [7, 11) is 0. The van der Waals surface area contributed by atoms with Crippen LogP contribution >= 0.6 is 0 Å². The summed E-state index contributed by atoms with van der Waals surface area (Å²) < 4.78 is 0. The number of benzene rings is 1. The van der Waals surface area contributed by atoms with E-state index in [0.717, 1.165) is 12.5 Å². The van der Waals surface area contributed by atoms with Crippen molar-refractivity contribution in [3.63, 3.8) is 0 Å². The Morgan fingerprint density at radius 1 is 1.05 bits per heavy atom. The van der Waals surface area contributed by atoms with Gasteiger partial charge in [-0.15, -0.1) is 0 Å². The fourth-order valence-electron chi connectivity index (χ4n) is 2.97. The normalized spacial score (nSPS) is 14.2. The molecule has 0 saturated heterocycles. The van der Waals surface area contributed by atoms with Gasteiger partial charge in [-0.1, -0.05) is 64.3 Å². The minimum Gasteiger partial charge on any atom is -0.313 e. The van der Waals surface area contributed by atoms with Crippen LogP contribution in [0.5, 0.6) is 0 Å². The molecule has 0 bridgehead atoms.